The Kier molecular flexibility index (Phi) is 6.07. The summed E-state index contributed by atoms with van der Waals surface area (Å²) in [4.78, 5) is 4.74. The van der Waals surface area contributed by atoms with Crippen LogP contribution in [0, 0.1) is 18.6 Å². The zero-order chi connectivity index (χ0) is 20.3. The van der Waals surface area contributed by atoms with Crippen molar-refractivity contribution in [2.75, 3.05) is 13.7 Å². The molecule has 0 aliphatic carbocycles. The summed E-state index contributed by atoms with van der Waals surface area (Å²) in [7, 11) is -2.55. The lowest BCUT2D eigenvalue weighted by Crippen LogP contribution is -2.26. The summed E-state index contributed by atoms with van der Waals surface area (Å²) in [6, 6.07) is 9.80. The van der Waals surface area contributed by atoms with Crippen molar-refractivity contribution >= 4 is 21.4 Å². The molecule has 0 unspecified atom stereocenters. The number of nitrogens with one attached hydrogen (secondary N) is 1. The molecular weight excluding hydrogens is 406 g/mol. The number of halogens is 2. The smallest absolute Gasteiger partial charge is 0.243 e. The molecule has 9 heteroatoms. The van der Waals surface area contributed by atoms with Crippen LogP contribution in [0.1, 0.15) is 10.6 Å². The lowest BCUT2D eigenvalue weighted by Gasteiger charge is -2.07. The van der Waals surface area contributed by atoms with Crippen molar-refractivity contribution in [2.24, 2.45) is 0 Å². The number of nitrogens with zero attached hydrogens (tertiary/aromatic N) is 1. The summed E-state index contributed by atoms with van der Waals surface area (Å²) in [5.41, 5.74) is 1.73. The van der Waals surface area contributed by atoms with Gasteiger partial charge in [-0.1, -0.05) is 0 Å². The zero-order valence-electron chi connectivity index (χ0n) is 15.2. The highest BCUT2D eigenvalue weighted by Gasteiger charge is 2.20. The van der Waals surface area contributed by atoms with Crippen LogP contribution in [0.5, 0.6) is 5.75 Å². The summed E-state index contributed by atoms with van der Waals surface area (Å²) in [5, 5.41) is 0.814. The fourth-order valence-electron chi connectivity index (χ4n) is 2.58. The largest absolute Gasteiger partial charge is 0.497 e. The van der Waals surface area contributed by atoms with E-state index >= 15 is 0 Å². The molecule has 0 bridgehead atoms. The van der Waals surface area contributed by atoms with Crippen molar-refractivity contribution in [2.45, 2.75) is 18.2 Å². The molecule has 2 aromatic carbocycles. The number of rotatable bonds is 7. The van der Waals surface area contributed by atoms with E-state index in [-0.39, 0.29) is 6.54 Å². The van der Waals surface area contributed by atoms with Crippen molar-refractivity contribution in [1.82, 2.24) is 9.71 Å². The molecule has 5 nitrogen and oxygen atoms in total. The van der Waals surface area contributed by atoms with Crippen LogP contribution in [0.3, 0.4) is 0 Å². The Hall–Kier alpha value is -2.36. The molecule has 0 atom stereocenters. The van der Waals surface area contributed by atoms with Gasteiger partial charge in [-0.05, 0) is 55.8 Å². The number of ether oxygens (including phenoxy) is 1. The van der Waals surface area contributed by atoms with Crippen LogP contribution in [0.2, 0.25) is 0 Å². The molecule has 0 fully saturated rings. The number of aromatic nitrogens is 1. The summed E-state index contributed by atoms with van der Waals surface area (Å²) in [6.45, 7) is 1.89. The molecule has 0 saturated carbocycles. The summed E-state index contributed by atoms with van der Waals surface area (Å²) in [6.07, 6.45) is 0.385. The minimum atomic E-state index is -4.14. The Morgan fingerprint density at radius 3 is 2.54 bits per heavy atom. The lowest BCUT2D eigenvalue weighted by molar-refractivity contribution is 0.415. The Morgan fingerprint density at radius 2 is 1.86 bits per heavy atom. The quantitative estimate of drug-likeness (QED) is 0.624. The first-order valence-corrected chi connectivity index (χ1v) is 10.7. The van der Waals surface area contributed by atoms with E-state index in [9.17, 15) is 17.2 Å². The monoisotopic (exact) mass is 424 g/mol. The minimum Gasteiger partial charge on any atom is -0.497 e. The van der Waals surface area contributed by atoms with Gasteiger partial charge in [0.2, 0.25) is 10.0 Å². The van der Waals surface area contributed by atoms with Crippen molar-refractivity contribution in [3.8, 4) is 16.3 Å². The molecule has 1 heterocycles. The third kappa shape index (κ3) is 4.54. The van der Waals surface area contributed by atoms with Crippen LogP contribution < -0.4 is 9.46 Å². The van der Waals surface area contributed by atoms with Gasteiger partial charge in [-0.3, -0.25) is 0 Å². The van der Waals surface area contributed by atoms with Gasteiger partial charge in [-0.2, -0.15) is 0 Å². The lowest BCUT2D eigenvalue weighted by atomic mass is 10.2. The van der Waals surface area contributed by atoms with Crippen LogP contribution in [-0.4, -0.2) is 27.1 Å². The van der Waals surface area contributed by atoms with Crippen LogP contribution in [0.15, 0.2) is 47.4 Å². The van der Waals surface area contributed by atoms with Gasteiger partial charge in [-0.25, -0.2) is 26.9 Å². The molecule has 0 radical (unpaired) electrons. The van der Waals surface area contributed by atoms with Crippen molar-refractivity contribution < 1.29 is 21.9 Å². The fraction of sp³-hybridized carbons (Fsp3) is 0.211. The number of hydrogen-bond donors (Lipinski definition) is 1. The van der Waals surface area contributed by atoms with Crippen LogP contribution in [-0.2, 0) is 16.4 Å². The van der Waals surface area contributed by atoms with E-state index in [0.717, 1.165) is 39.0 Å². The molecule has 0 spiro atoms. The molecule has 3 rings (SSSR count). The number of aryl methyl sites for hydroxylation is 1. The number of methoxy groups -OCH3 is 1. The fourth-order valence-corrected chi connectivity index (χ4v) is 4.76. The predicted octanol–water partition coefficient (Wildman–Crippen LogP) is 3.93. The van der Waals surface area contributed by atoms with Gasteiger partial charge in [-0.15, -0.1) is 11.3 Å². The average molecular weight is 424 g/mol. The topological polar surface area (TPSA) is 68.3 Å². The van der Waals surface area contributed by atoms with Crippen LogP contribution in [0.25, 0.3) is 10.6 Å². The van der Waals surface area contributed by atoms with E-state index in [0.29, 0.717) is 12.5 Å². The Labute approximate surface area is 166 Å². The first kappa shape index (κ1) is 20.4. The second-order valence-electron chi connectivity index (χ2n) is 5.98. The normalized spacial score (nSPS) is 11.6. The van der Waals surface area contributed by atoms with Crippen molar-refractivity contribution in [1.29, 1.82) is 0 Å². The number of sulfonamides is 1. The molecule has 0 saturated heterocycles. The van der Waals surface area contributed by atoms with E-state index in [1.807, 2.05) is 31.2 Å². The average Bonchev–Trinajstić information content (AvgIpc) is 3.04. The Bertz CT molecular complexity index is 1080. The highest BCUT2D eigenvalue weighted by Crippen LogP contribution is 2.29. The number of hydrogen-bond acceptors (Lipinski definition) is 5. The Morgan fingerprint density at radius 1 is 1.14 bits per heavy atom. The summed E-state index contributed by atoms with van der Waals surface area (Å²) >= 11 is 1.46. The second-order valence-corrected chi connectivity index (χ2v) is 8.80. The number of benzene rings is 2. The molecule has 28 heavy (non-hydrogen) atoms. The highest BCUT2D eigenvalue weighted by atomic mass is 32.2. The van der Waals surface area contributed by atoms with Gasteiger partial charge in [0.05, 0.1) is 12.8 Å². The first-order chi connectivity index (χ1) is 13.3. The molecular formula is C19H18F2N2O3S2. The van der Waals surface area contributed by atoms with Crippen molar-refractivity contribution in [3.05, 3.63) is 64.7 Å². The van der Waals surface area contributed by atoms with Gasteiger partial charge in [0.1, 0.15) is 27.3 Å². The molecule has 1 aromatic heterocycles. The third-order valence-electron chi connectivity index (χ3n) is 4.06. The maximum absolute atomic E-state index is 13.7. The SMILES string of the molecule is COc1ccc(-c2nc(C)c(CCNS(=O)(=O)c3cc(F)ccc3F)s2)cc1. The van der Waals surface area contributed by atoms with E-state index in [1.54, 1.807) is 7.11 Å². The van der Waals surface area contributed by atoms with E-state index in [4.69, 9.17) is 4.74 Å². The number of thiazole rings is 1. The van der Waals surface area contributed by atoms with Gasteiger partial charge in [0.15, 0.2) is 0 Å². The summed E-state index contributed by atoms with van der Waals surface area (Å²) in [5.74, 6) is -1.06. The molecule has 1 N–H and O–H groups in total. The molecule has 0 amide bonds. The molecule has 3 aromatic rings. The maximum atomic E-state index is 13.7. The maximum Gasteiger partial charge on any atom is 0.243 e. The Balaban J connectivity index is 1.69. The predicted molar refractivity (Wildman–Crippen MR) is 104 cm³/mol. The van der Waals surface area contributed by atoms with E-state index in [2.05, 4.69) is 9.71 Å². The van der Waals surface area contributed by atoms with Crippen LogP contribution in [0.4, 0.5) is 8.78 Å². The first-order valence-electron chi connectivity index (χ1n) is 8.35. The highest BCUT2D eigenvalue weighted by molar-refractivity contribution is 7.89. The zero-order valence-corrected chi connectivity index (χ0v) is 16.8. The van der Waals surface area contributed by atoms with E-state index < -0.39 is 26.6 Å². The third-order valence-corrected chi connectivity index (χ3v) is 6.80. The van der Waals surface area contributed by atoms with Gasteiger partial charge < -0.3 is 4.74 Å². The van der Waals surface area contributed by atoms with E-state index in [1.165, 1.54) is 11.3 Å². The summed E-state index contributed by atoms with van der Waals surface area (Å²) < 4.78 is 58.9. The molecule has 0 aliphatic heterocycles. The van der Waals surface area contributed by atoms with Crippen LogP contribution >= 0.6 is 11.3 Å². The van der Waals surface area contributed by atoms with Crippen molar-refractivity contribution in [3.63, 3.8) is 0 Å². The molecule has 148 valence electrons. The van der Waals surface area contributed by atoms with Gasteiger partial charge >= 0.3 is 0 Å². The van der Waals surface area contributed by atoms with Gasteiger partial charge in [0.25, 0.3) is 0 Å². The molecule has 0 aliphatic rings. The minimum absolute atomic E-state index is 0.0450. The second kappa shape index (κ2) is 8.34. The standard InChI is InChI=1S/C19H18F2N2O3S2/c1-12-17(27-19(23-12)13-3-6-15(26-2)7-4-13)9-10-22-28(24,25)18-11-14(20)5-8-16(18)21/h3-8,11,22H,9-10H2,1-2H3. The van der Waals surface area contributed by atoms with Gasteiger partial charge in [0, 0.05) is 17.0 Å².